The summed E-state index contributed by atoms with van der Waals surface area (Å²) in [6.07, 6.45) is 56.2. The lowest BCUT2D eigenvalue weighted by Crippen LogP contribution is -2.61. The van der Waals surface area contributed by atoms with Crippen molar-refractivity contribution in [3.8, 4) is 0 Å². The summed E-state index contributed by atoms with van der Waals surface area (Å²) in [5, 5.41) is 45.2. The van der Waals surface area contributed by atoms with Gasteiger partial charge in [-0.3, -0.25) is 9.35 Å². The number of amides is 1. The van der Waals surface area contributed by atoms with Crippen LogP contribution in [0.3, 0.4) is 0 Å². The molecule has 6 N–H and O–H groups in total. The molecule has 0 aromatic rings. The fraction of sp³-hybridized carbons (Fsp3) is 0.919. The number of carbonyl (C=O) groups excluding carboxylic acids is 1. The van der Waals surface area contributed by atoms with E-state index in [0.717, 1.165) is 51.4 Å². The minimum atomic E-state index is -5.08. The second-order valence-corrected chi connectivity index (χ2v) is 23.4. The van der Waals surface area contributed by atoms with E-state index in [1.807, 2.05) is 0 Å². The summed E-state index contributed by atoms with van der Waals surface area (Å²) in [6, 6.07) is -0.860. The average molecular weight is 1090 g/mol. The second-order valence-electron chi connectivity index (χ2n) is 22.4. The van der Waals surface area contributed by atoms with Crippen LogP contribution >= 0.6 is 0 Å². The van der Waals surface area contributed by atoms with E-state index in [4.69, 9.17) is 9.47 Å². The van der Waals surface area contributed by atoms with Crippen molar-refractivity contribution in [3.05, 3.63) is 24.3 Å². The zero-order valence-corrected chi connectivity index (χ0v) is 49.2. The van der Waals surface area contributed by atoms with Gasteiger partial charge in [0, 0.05) is 6.42 Å². The molecule has 1 aliphatic heterocycles. The van der Waals surface area contributed by atoms with E-state index in [-0.39, 0.29) is 12.5 Å². The van der Waals surface area contributed by atoms with Gasteiger partial charge in [0.05, 0.1) is 25.4 Å². The van der Waals surface area contributed by atoms with Crippen molar-refractivity contribution >= 4 is 16.3 Å². The maximum Gasteiger partial charge on any atom is 0.397 e. The fourth-order valence-corrected chi connectivity index (χ4v) is 10.9. The number of unbranched alkanes of at least 4 members (excludes halogenated alkanes) is 40. The number of aliphatic hydroxyl groups is 4. The topological polar surface area (TPSA) is 192 Å². The van der Waals surface area contributed by atoms with E-state index in [2.05, 4.69) is 47.7 Å². The van der Waals surface area contributed by atoms with Gasteiger partial charge < -0.3 is 35.2 Å². The number of hydrogen-bond donors (Lipinski definition) is 6. The van der Waals surface area contributed by atoms with Crippen LogP contribution in [0.15, 0.2) is 24.3 Å². The molecule has 0 bridgehead atoms. The molecule has 0 radical (unpaired) electrons. The number of allylic oxidation sites excluding steroid dienone is 4. The lowest BCUT2D eigenvalue weighted by Gasteiger charge is -2.41. The maximum absolute atomic E-state index is 13.2. The SMILES string of the molecule is CCCCCCCCCCC/C=C\C/C=C\CCCCCCCCCCCCCC(=O)NC(COC1OC(CO)C(O)C(OS(=O)(=O)O)C1O)C(O)CCCCCCCCCCCCCCCCCCCCCCC. The number of carbonyl (C=O) groups is 1. The van der Waals surface area contributed by atoms with Crippen LogP contribution in [0.5, 0.6) is 0 Å². The monoisotopic (exact) mass is 1090 g/mol. The summed E-state index contributed by atoms with van der Waals surface area (Å²) in [4.78, 5) is 13.2. The van der Waals surface area contributed by atoms with Crippen molar-refractivity contribution in [2.24, 2.45) is 0 Å². The zero-order valence-electron chi connectivity index (χ0n) is 48.4. The molecule has 444 valence electrons. The minimum Gasteiger partial charge on any atom is -0.394 e. The summed E-state index contributed by atoms with van der Waals surface area (Å²) in [5.74, 6) is -0.227. The van der Waals surface area contributed by atoms with Gasteiger partial charge in [-0.05, 0) is 44.9 Å². The first kappa shape index (κ1) is 71.6. The Morgan fingerprint density at radius 1 is 0.533 bits per heavy atom. The van der Waals surface area contributed by atoms with E-state index in [9.17, 15) is 38.2 Å². The van der Waals surface area contributed by atoms with Crippen LogP contribution < -0.4 is 5.32 Å². The molecule has 0 spiro atoms. The normalized spacial score (nSPS) is 19.2. The van der Waals surface area contributed by atoms with Crippen LogP contribution in [0.2, 0.25) is 0 Å². The zero-order chi connectivity index (χ0) is 54.7. The third-order valence-corrected chi connectivity index (χ3v) is 15.7. The van der Waals surface area contributed by atoms with Gasteiger partial charge in [-0.25, -0.2) is 4.18 Å². The molecule has 7 atom stereocenters. The second kappa shape index (κ2) is 52.0. The van der Waals surface area contributed by atoms with Crippen LogP contribution in [0.25, 0.3) is 0 Å². The number of ether oxygens (including phenoxy) is 2. The molecule has 75 heavy (non-hydrogen) atoms. The predicted octanol–water partition coefficient (Wildman–Crippen LogP) is 15.6. The van der Waals surface area contributed by atoms with E-state index in [1.165, 1.54) is 225 Å². The van der Waals surface area contributed by atoms with Gasteiger partial charge in [0.15, 0.2) is 6.29 Å². The Morgan fingerprint density at radius 2 is 0.893 bits per heavy atom. The lowest BCUT2D eigenvalue weighted by molar-refractivity contribution is -0.298. The van der Waals surface area contributed by atoms with Gasteiger partial charge >= 0.3 is 10.4 Å². The van der Waals surface area contributed by atoms with Gasteiger partial charge in [0.2, 0.25) is 5.91 Å². The molecular weight excluding hydrogens is 967 g/mol. The molecule has 1 rings (SSSR count). The van der Waals surface area contributed by atoms with Crippen molar-refractivity contribution in [2.45, 2.75) is 352 Å². The molecule has 1 fully saturated rings. The van der Waals surface area contributed by atoms with E-state index in [1.54, 1.807) is 0 Å². The third-order valence-electron chi connectivity index (χ3n) is 15.3. The molecule has 1 aliphatic rings. The maximum atomic E-state index is 13.2. The highest BCUT2D eigenvalue weighted by atomic mass is 32.3. The Kier molecular flexibility index (Phi) is 49.6. The molecule has 7 unspecified atom stereocenters. The molecular formula is C62H119NO11S. The molecule has 0 aliphatic carbocycles. The van der Waals surface area contributed by atoms with Crippen molar-refractivity contribution < 1.29 is 51.8 Å². The summed E-state index contributed by atoms with van der Waals surface area (Å²) >= 11 is 0. The average Bonchev–Trinajstić information content (AvgIpc) is 3.39. The standard InChI is InChI=1S/C62H119NO11S/c1-3-5-7-9-11-13-15-17-19-21-23-25-26-27-28-29-30-32-34-36-38-40-42-44-46-48-50-52-58(66)63-55(54-72-62-60(68)61(74-75(69,70)71)59(67)57(53-64)73-62)56(65)51-49-47-45-43-41-39-37-35-33-31-24-22-20-18-16-14-12-10-8-6-4-2/h23,25,27-28,55-57,59-62,64-65,67-68H,3-22,24,26,29-54H2,1-2H3,(H,63,66)(H,69,70,71)/b25-23-,28-27-. The summed E-state index contributed by atoms with van der Waals surface area (Å²) in [7, 11) is -5.08. The smallest absolute Gasteiger partial charge is 0.394 e. The van der Waals surface area contributed by atoms with Gasteiger partial charge in [0.25, 0.3) is 0 Å². The number of rotatable bonds is 56. The molecule has 0 aromatic heterocycles. The first-order valence-electron chi connectivity index (χ1n) is 31.7. The minimum absolute atomic E-state index is 0.227. The van der Waals surface area contributed by atoms with Crippen LogP contribution in [0.4, 0.5) is 0 Å². The fourth-order valence-electron chi connectivity index (χ4n) is 10.4. The van der Waals surface area contributed by atoms with Gasteiger partial charge in [0.1, 0.15) is 24.4 Å². The van der Waals surface area contributed by atoms with Gasteiger partial charge in [-0.1, -0.05) is 282 Å². The van der Waals surface area contributed by atoms with Gasteiger partial charge in [-0.2, -0.15) is 8.42 Å². The summed E-state index contributed by atoms with van der Waals surface area (Å²) < 4.78 is 48.0. The summed E-state index contributed by atoms with van der Waals surface area (Å²) in [6.45, 7) is 3.50. The van der Waals surface area contributed by atoms with Gasteiger partial charge in [-0.15, -0.1) is 0 Å². The lowest BCUT2D eigenvalue weighted by atomic mass is 9.99. The molecule has 12 nitrogen and oxygen atoms in total. The molecule has 13 heteroatoms. The highest BCUT2D eigenvalue weighted by molar-refractivity contribution is 7.80. The molecule has 0 aromatic carbocycles. The highest BCUT2D eigenvalue weighted by Gasteiger charge is 2.48. The summed E-state index contributed by atoms with van der Waals surface area (Å²) in [5.41, 5.74) is 0. The number of aliphatic hydroxyl groups excluding tert-OH is 4. The highest BCUT2D eigenvalue weighted by Crippen LogP contribution is 2.26. The van der Waals surface area contributed by atoms with Crippen LogP contribution in [0.1, 0.15) is 309 Å². The third kappa shape index (κ3) is 44.1. The predicted molar refractivity (Wildman–Crippen MR) is 310 cm³/mol. The van der Waals surface area contributed by atoms with Crippen molar-refractivity contribution in [3.63, 3.8) is 0 Å². The first-order valence-corrected chi connectivity index (χ1v) is 33.1. The van der Waals surface area contributed by atoms with E-state index in [0.29, 0.717) is 19.3 Å². The Balaban J connectivity index is 2.30. The molecule has 0 saturated carbocycles. The van der Waals surface area contributed by atoms with Crippen LogP contribution in [0, 0.1) is 0 Å². The Bertz CT molecular complexity index is 1420. The van der Waals surface area contributed by atoms with E-state index < -0.39 is 59.9 Å². The number of nitrogens with one attached hydrogen (secondary N) is 1. The van der Waals surface area contributed by atoms with Crippen molar-refractivity contribution in [2.75, 3.05) is 13.2 Å². The Morgan fingerprint density at radius 3 is 1.27 bits per heavy atom. The van der Waals surface area contributed by atoms with E-state index >= 15 is 0 Å². The van der Waals surface area contributed by atoms with Crippen LogP contribution in [-0.2, 0) is 28.9 Å². The molecule has 1 heterocycles. The number of hydrogen-bond acceptors (Lipinski definition) is 10. The first-order chi connectivity index (χ1) is 36.5. The Labute approximate surface area is 461 Å². The largest absolute Gasteiger partial charge is 0.397 e. The quantitative estimate of drug-likeness (QED) is 0.0193. The van der Waals surface area contributed by atoms with Crippen LogP contribution in [-0.4, -0.2) is 95.4 Å². The van der Waals surface area contributed by atoms with Crippen molar-refractivity contribution in [1.82, 2.24) is 5.32 Å². The molecule has 1 amide bonds. The van der Waals surface area contributed by atoms with Crippen molar-refractivity contribution in [1.29, 1.82) is 0 Å². The Hall–Kier alpha value is -1.42. The molecule has 1 saturated heterocycles.